The molecule has 0 spiro atoms. The lowest BCUT2D eigenvalue weighted by Crippen LogP contribution is -2.36. The zero-order chi connectivity index (χ0) is 22.2. The van der Waals surface area contributed by atoms with Gasteiger partial charge < -0.3 is 10.6 Å². The molecule has 0 aliphatic rings. The number of urea groups is 1. The van der Waals surface area contributed by atoms with Crippen LogP contribution in [0.3, 0.4) is 0 Å². The first-order valence-corrected chi connectivity index (χ1v) is 11.5. The molecule has 0 saturated carbocycles. The molecule has 1 aromatic heterocycles. The number of amides is 2. The molecule has 10 heteroatoms. The van der Waals surface area contributed by atoms with Gasteiger partial charge in [-0.2, -0.15) is 0 Å². The van der Waals surface area contributed by atoms with Crippen LogP contribution in [-0.2, 0) is 12.3 Å². The summed E-state index contributed by atoms with van der Waals surface area (Å²) in [6, 6.07) is 11.2. The number of halogens is 3. The van der Waals surface area contributed by atoms with Crippen molar-refractivity contribution in [3.05, 3.63) is 69.7 Å². The Morgan fingerprint density at radius 2 is 1.90 bits per heavy atom. The Morgan fingerprint density at radius 3 is 2.61 bits per heavy atom. The van der Waals surface area contributed by atoms with Crippen molar-refractivity contribution < 1.29 is 9.18 Å². The number of carbonyl (C=O) groups is 1. The number of benzene rings is 2. The monoisotopic (exact) mass is 481 g/mol. The SMILES string of the molecule is CCCCNC(=O)NCc1nnc(SCc2ccc(F)cc2)n1-c1ccc(Cl)cc1Cl. The molecular formula is C21H22Cl2FN5OS. The van der Waals surface area contributed by atoms with Crippen LogP contribution in [0.1, 0.15) is 31.2 Å². The third-order valence-electron chi connectivity index (χ3n) is 4.36. The summed E-state index contributed by atoms with van der Waals surface area (Å²) in [5.41, 5.74) is 1.60. The van der Waals surface area contributed by atoms with Gasteiger partial charge in [0.2, 0.25) is 0 Å². The molecule has 2 aromatic carbocycles. The summed E-state index contributed by atoms with van der Waals surface area (Å²) in [6.45, 7) is 2.83. The van der Waals surface area contributed by atoms with Gasteiger partial charge in [0, 0.05) is 17.3 Å². The predicted octanol–water partition coefficient (Wildman–Crippen LogP) is 5.60. The summed E-state index contributed by atoms with van der Waals surface area (Å²) in [4.78, 5) is 12.0. The van der Waals surface area contributed by atoms with Crippen molar-refractivity contribution >= 4 is 41.0 Å². The van der Waals surface area contributed by atoms with Crippen LogP contribution in [0.25, 0.3) is 5.69 Å². The lowest BCUT2D eigenvalue weighted by molar-refractivity contribution is 0.240. The van der Waals surface area contributed by atoms with E-state index in [-0.39, 0.29) is 18.4 Å². The normalized spacial score (nSPS) is 10.8. The van der Waals surface area contributed by atoms with Crippen LogP contribution in [0.15, 0.2) is 47.6 Å². The van der Waals surface area contributed by atoms with Gasteiger partial charge in [0.1, 0.15) is 5.82 Å². The summed E-state index contributed by atoms with van der Waals surface area (Å²) in [5, 5.41) is 15.7. The van der Waals surface area contributed by atoms with E-state index in [9.17, 15) is 9.18 Å². The summed E-state index contributed by atoms with van der Waals surface area (Å²) in [5.74, 6) is 0.807. The van der Waals surface area contributed by atoms with Gasteiger partial charge in [-0.15, -0.1) is 10.2 Å². The van der Waals surface area contributed by atoms with Crippen LogP contribution < -0.4 is 10.6 Å². The number of nitrogens with zero attached hydrogens (tertiary/aromatic N) is 3. The lowest BCUT2D eigenvalue weighted by atomic mass is 10.2. The maximum absolute atomic E-state index is 13.2. The first-order valence-electron chi connectivity index (χ1n) is 9.76. The molecule has 31 heavy (non-hydrogen) atoms. The zero-order valence-electron chi connectivity index (χ0n) is 16.9. The Labute approximate surface area is 194 Å². The van der Waals surface area contributed by atoms with E-state index in [1.165, 1.54) is 23.9 Å². The van der Waals surface area contributed by atoms with Crippen molar-refractivity contribution in [1.29, 1.82) is 0 Å². The van der Waals surface area contributed by atoms with Gasteiger partial charge in [-0.25, -0.2) is 9.18 Å². The van der Waals surface area contributed by atoms with Gasteiger partial charge in [-0.3, -0.25) is 4.57 Å². The standard InChI is InChI=1S/C21H22Cl2FN5OS/c1-2-3-10-25-20(30)26-12-19-27-28-21(31-13-14-4-7-16(24)8-5-14)29(19)18-9-6-15(22)11-17(18)23/h4-9,11H,2-3,10,12-13H2,1H3,(H2,25,26,30). The van der Waals surface area contributed by atoms with Gasteiger partial charge >= 0.3 is 6.03 Å². The number of hydrogen-bond donors (Lipinski definition) is 2. The topological polar surface area (TPSA) is 71.8 Å². The number of unbranched alkanes of at least 4 members (excludes halogenated alkanes) is 1. The maximum atomic E-state index is 13.2. The van der Waals surface area contributed by atoms with Crippen LogP contribution in [0, 0.1) is 5.82 Å². The van der Waals surface area contributed by atoms with Crippen LogP contribution in [-0.4, -0.2) is 27.3 Å². The highest BCUT2D eigenvalue weighted by atomic mass is 35.5. The van der Waals surface area contributed by atoms with Crippen LogP contribution >= 0.6 is 35.0 Å². The van der Waals surface area contributed by atoms with Gasteiger partial charge in [0.15, 0.2) is 11.0 Å². The van der Waals surface area contributed by atoms with Crippen molar-refractivity contribution in [2.45, 2.75) is 37.2 Å². The van der Waals surface area contributed by atoms with Gasteiger partial charge in [-0.1, -0.05) is 60.4 Å². The molecule has 1 heterocycles. The van der Waals surface area contributed by atoms with E-state index in [0.717, 1.165) is 18.4 Å². The maximum Gasteiger partial charge on any atom is 0.315 e. The van der Waals surface area contributed by atoms with E-state index in [1.54, 1.807) is 34.9 Å². The molecule has 3 aromatic rings. The number of rotatable bonds is 9. The smallest absolute Gasteiger partial charge is 0.315 e. The first kappa shape index (κ1) is 23.4. The van der Waals surface area contributed by atoms with Gasteiger partial charge in [0.05, 0.1) is 17.3 Å². The highest BCUT2D eigenvalue weighted by molar-refractivity contribution is 7.98. The fourth-order valence-electron chi connectivity index (χ4n) is 2.74. The Bertz CT molecular complexity index is 1030. The second-order valence-corrected chi connectivity index (χ2v) is 8.49. The quantitative estimate of drug-likeness (QED) is 0.308. The largest absolute Gasteiger partial charge is 0.338 e. The molecule has 0 unspecified atom stereocenters. The molecule has 0 fully saturated rings. The van der Waals surface area contributed by atoms with Gasteiger partial charge in [0.25, 0.3) is 0 Å². The van der Waals surface area contributed by atoms with Crippen LogP contribution in [0.4, 0.5) is 9.18 Å². The second-order valence-electron chi connectivity index (χ2n) is 6.71. The molecule has 6 nitrogen and oxygen atoms in total. The van der Waals surface area contributed by atoms with E-state index in [4.69, 9.17) is 23.2 Å². The minimum absolute atomic E-state index is 0.168. The van der Waals surface area contributed by atoms with Crippen molar-refractivity contribution in [2.24, 2.45) is 0 Å². The van der Waals surface area contributed by atoms with E-state index in [0.29, 0.717) is 39.0 Å². The fraction of sp³-hybridized carbons (Fsp3) is 0.286. The second kappa shape index (κ2) is 11.4. The number of nitrogens with one attached hydrogen (secondary N) is 2. The highest BCUT2D eigenvalue weighted by Gasteiger charge is 2.18. The molecule has 3 rings (SSSR count). The molecule has 0 bridgehead atoms. The molecule has 0 atom stereocenters. The Hall–Kier alpha value is -2.29. The minimum Gasteiger partial charge on any atom is -0.338 e. The minimum atomic E-state index is -0.282. The average Bonchev–Trinajstić information content (AvgIpc) is 3.14. The fourth-order valence-corrected chi connectivity index (χ4v) is 4.15. The summed E-state index contributed by atoms with van der Waals surface area (Å²) in [6.07, 6.45) is 1.91. The molecule has 0 aliphatic carbocycles. The average molecular weight is 482 g/mol. The predicted molar refractivity (Wildman–Crippen MR) is 122 cm³/mol. The third kappa shape index (κ3) is 6.59. The number of hydrogen-bond acceptors (Lipinski definition) is 4. The first-order chi connectivity index (χ1) is 15.0. The number of carbonyl (C=O) groups excluding carboxylic acids is 1. The third-order valence-corrected chi connectivity index (χ3v) is 5.89. The van der Waals surface area contributed by atoms with Crippen LogP contribution in [0.2, 0.25) is 10.0 Å². The molecule has 0 aliphatic heterocycles. The molecular weight excluding hydrogens is 460 g/mol. The zero-order valence-corrected chi connectivity index (χ0v) is 19.2. The molecule has 2 N–H and O–H groups in total. The summed E-state index contributed by atoms with van der Waals surface area (Å²) in [7, 11) is 0. The number of aromatic nitrogens is 3. The molecule has 2 amide bonds. The molecule has 0 radical (unpaired) electrons. The van der Waals surface area contributed by atoms with Gasteiger partial charge in [-0.05, 0) is 42.3 Å². The summed E-state index contributed by atoms with van der Waals surface area (Å²) < 4.78 is 15.0. The van der Waals surface area contributed by atoms with Crippen molar-refractivity contribution in [2.75, 3.05) is 6.54 Å². The molecule has 164 valence electrons. The highest BCUT2D eigenvalue weighted by Crippen LogP contribution is 2.30. The van der Waals surface area contributed by atoms with Crippen molar-refractivity contribution in [1.82, 2.24) is 25.4 Å². The Kier molecular flexibility index (Phi) is 8.57. The van der Waals surface area contributed by atoms with E-state index in [1.807, 2.05) is 0 Å². The van der Waals surface area contributed by atoms with Crippen molar-refractivity contribution in [3.8, 4) is 5.69 Å². The van der Waals surface area contributed by atoms with E-state index in [2.05, 4.69) is 27.8 Å². The van der Waals surface area contributed by atoms with Crippen molar-refractivity contribution in [3.63, 3.8) is 0 Å². The summed E-state index contributed by atoms with van der Waals surface area (Å²) >= 11 is 13.9. The Morgan fingerprint density at radius 1 is 1.13 bits per heavy atom. The molecule has 0 saturated heterocycles. The van der Waals surface area contributed by atoms with E-state index < -0.39 is 0 Å². The Balaban J connectivity index is 1.81. The van der Waals surface area contributed by atoms with Crippen LogP contribution in [0.5, 0.6) is 0 Å². The lowest BCUT2D eigenvalue weighted by Gasteiger charge is -2.13. The van der Waals surface area contributed by atoms with E-state index >= 15 is 0 Å². The number of thioether (sulfide) groups is 1.